The second-order valence-electron chi connectivity index (χ2n) is 4.44. The van der Waals surface area contributed by atoms with Crippen molar-refractivity contribution in [2.75, 3.05) is 26.2 Å². The third-order valence-corrected chi connectivity index (χ3v) is 2.62. The molecule has 0 saturated heterocycles. The van der Waals surface area contributed by atoms with Gasteiger partial charge in [0.15, 0.2) is 0 Å². The van der Waals surface area contributed by atoms with Crippen molar-refractivity contribution >= 4 is 5.97 Å². The van der Waals surface area contributed by atoms with E-state index in [4.69, 9.17) is 9.84 Å². The zero-order valence-electron chi connectivity index (χ0n) is 11.3. The summed E-state index contributed by atoms with van der Waals surface area (Å²) in [5.74, 6) is 0.0370. The minimum Gasteiger partial charge on any atom is -0.494 e. The first-order valence-corrected chi connectivity index (χ1v) is 6.36. The third kappa shape index (κ3) is 6.62. The van der Waals surface area contributed by atoms with Gasteiger partial charge in [-0.2, -0.15) is 0 Å². The number of aryl methyl sites for hydroxylation is 1. The van der Waals surface area contributed by atoms with E-state index in [0.717, 1.165) is 17.7 Å². The highest BCUT2D eigenvalue weighted by atomic mass is 16.5. The molecule has 104 valence electrons. The Kier molecular flexibility index (Phi) is 6.68. The number of benzene rings is 1. The van der Waals surface area contributed by atoms with Crippen LogP contribution in [0.5, 0.6) is 5.75 Å². The first-order valence-electron chi connectivity index (χ1n) is 6.36. The number of aliphatic carboxylic acids is 1. The summed E-state index contributed by atoms with van der Waals surface area (Å²) in [7, 11) is 0. The minimum atomic E-state index is -0.818. The van der Waals surface area contributed by atoms with Crippen molar-refractivity contribution in [3.8, 4) is 5.75 Å². The van der Waals surface area contributed by atoms with Crippen LogP contribution in [0.1, 0.15) is 12.0 Å². The van der Waals surface area contributed by atoms with Crippen LogP contribution in [0.15, 0.2) is 36.9 Å². The summed E-state index contributed by atoms with van der Waals surface area (Å²) in [4.78, 5) is 12.5. The molecule has 0 atom stereocenters. The first-order chi connectivity index (χ1) is 9.11. The van der Waals surface area contributed by atoms with E-state index in [1.54, 1.807) is 6.08 Å². The normalized spacial score (nSPS) is 10.4. The van der Waals surface area contributed by atoms with Crippen LogP contribution in [0.4, 0.5) is 0 Å². The Morgan fingerprint density at radius 2 is 2.32 bits per heavy atom. The van der Waals surface area contributed by atoms with Crippen molar-refractivity contribution < 1.29 is 14.6 Å². The smallest absolute Gasteiger partial charge is 0.317 e. The Balaban J connectivity index is 2.28. The molecule has 0 bridgehead atoms. The van der Waals surface area contributed by atoms with Crippen molar-refractivity contribution in [2.45, 2.75) is 13.3 Å². The summed E-state index contributed by atoms with van der Waals surface area (Å²) in [6, 6.07) is 7.88. The van der Waals surface area contributed by atoms with Gasteiger partial charge in [-0.1, -0.05) is 18.2 Å². The van der Waals surface area contributed by atoms with Crippen LogP contribution in [-0.4, -0.2) is 42.2 Å². The second kappa shape index (κ2) is 8.32. The predicted octanol–water partition coefficient (Wildman–Crippen LogP) is 2.34. The fourth-order valence-electron chi connectivity index (χ4n) is 1.79. The van der Waals surface area contributed by atoms with Gasteiger partial charge < -0.3 is 9.84 Å². The molecule has 0 spiro atoms. The lowest BCUT2D eigenvalue weighted by atomic mass is 10.2. The zero-order valence-corrected chi connectivity index (χ0v) is 11.3. The molecular weight excluding hydrogens is 242 g/mol. The molecule has 1 rings (SSSR count). The molecular formula is C15H21NO3. The van der Waals surface area contributed by atoms with Gasteiger partial charge in [-0.3, -0.25) is 9.69 Å². The Bertz CT molecular complexity index is 418. The van der Waals surface area contributed by atoms with Gasteiger partial charge in [-0.05, 0) is 31.0 Å². The van der Waals surface area contributed by atoms with Crippen LogP contribution in [0.25, 0.3) is 0 Å². The van der Waals surface area contributed by atoms with Crippen LogP contribution in [-0.2, 0) is 4.79 Å². The van der Waals surface area contributed by atoms with Crippen LogP contribution in [0.2, 0.25) is 0 Å². The monoisotopic (exact) mass is 263 g/mol. The Hall–Kier alpha value is -1.81. The summed E-state index contributed by atoms with van der Waals surface area (Å²) in [6.45, 7) is 7.53. The van der Waals surface area contributed by atoms with Crippen LogP contribution in [0.3, 0.4) is 0 Å². The van der Waals surface area contributed by atoms with Crippen LogP contribution >= 0.6 is 0 Å². The van der Waals surface area contributed by atoms with E-state index in [2.05, 4.69) is 6.58 Å². The molecule has 19 heavy (non-hydrogen) atoms. The summed E-state index contributed by atoms with van der Waals surface area (Å²) >= 11 is 0. The number of hydrogen-bond acceptors (Lipinski definition) is 3. The number of carboxylic acids is 1. The fraction of sp³-hybridized carbons (Fsp3) is 0.400. The summed E-state index contributed by atoms with van der Waals surface area (Å²) in [5, 5.41) is 8.77. The maximum Gasteiger partial charge on any atom is 0.317 e. The molecule has 0 amide bonds. The number of carboxylic acid groups (broad SMARTS) is 1. The SMILES string of the molecule is C=CCN(CCCOc1cccc(C)c1)CC(=O)O. The van der Waals surface area contributed by atoms with E-state index in [9.17, 15) is 4.79 Å². The Morgan fingerprint density at radius 1 is 1.53 bits per heavy atom. The summed E-state index contributed by atoms with van der Waals surface area (Å²) < 4.78 is 5.62. The maximum atomic E-state index is 10.7. The Labute approximate surface area is 114 Å². The molecule has 0 saturated carbocycles. The van der Waals surface area contributed by atoms with Crippen LogP contribution in [0, 0.1) is 6.92 Å². The molecule has 0 aromatic heterocycles. The second-order valence-corrected chi connectivity index (χ2v) is 4.44. The quantitative estimate of drug-likeness (QED) is 0.549. The van der Waals surface area contributed by atoms with E-state index in [-0.39, 0.29) is 6.54 Å². The topological polar surface area (TPSA) is 49.8 Å². The highest BCUT2D eigenvalue weighted by molar-refractivity contribution is 5.69. The highest BCUT2D eigenvalue weighted by Crippen LogP contribution is 2.12. The first kappa shape index (κ1) is 15.2. The number of carbonyl (C=O) groups is 1. The average molecular weight is 263 g/mol. The molecule has 0 unspecified atom stereocenters. The Morgan fingerprint density at radius 3 is 2.95 bits per heavy atom. The van der Waals surface area contributed by atoms with Gasteiger partial charge >= 0.3 is 5.97 Å². The van der Waals surface area contributed by atoms with Gasteiger partial charge in [0.25, 0.3) is 0 Å². The van der Waals surface area contributed by atoms with Gasteiger partial charge in [0.2, 0.25) is 0 Å². The minimum absolute atomic E-state index is 0.0382. The van der Waals surface area contributed by atoms with E-state index in [1.807, 2.05) is 36.1 Å². The van der Waals surface area contributed by atoms with Gasteiger partial charge in [-0.15, -0.1) is 6.58 Å². The standard InChI is InChI=1S/C15H21NO3/c1-3-8-16(12-15(17)18)9-5-10-19-14-7-4-6-13(2)11-14/h3-4,6-7,11H,1,5,8-10,12H2,2H3,(H,17,18). The summed E-state index contributed by atoms with van der Waals surface area (Å²) in [5.41, 5.74) is 1.16. The molecule has 0 aliphatic heterocycles. The van der Waals surface area contributed by atoms with E-state index in [1.165, 1.54) is 0 Å². The van der Waals surface area contributed by atoms with Gasteiger partial charge in [0, 0.05) is 13.1 Å². The molecule has 1 aromatic rings. The maximum absolute atomic E-state index is 10.7. The van der Waals surface area contributed by atoms with Crippen LogP contribution < -0.4 is 4.74 Å². The fourth-order valence-corrected chi connectivity index (χ4v) is 1.79. The zero-order chi connectivity index (χ0) is 14.1. The van der Waals surface area contributed by atoms with Crippen molar-refractivity contribution in [2.24, 2.45) is 0 Å². The number of rotatable bonds is 9. The average Bonchev–Trinajstić information content (AvgIpc) is 2.34. The van der Waals surface area contributed by atoms with Crippen molar-refractivity contribution in [3.63, 3.8) is 0 Å². The molecule has 4 nitrogen and oxygen atoms in total. The molecule has 1 aromatic carbocycles. The van der Waals surface area contributed by atoms with Gasteiger partial charge in [0.05, 0.1) is 13.2 Å². The summed E-state index contributed by atoms with van der Waals surface area (Å²) in [6.07, 6.45) is 2.50. The largest absolute Gasteiger partial charge is 0.494 e. The predicted molar refractivity (Wildman–Crippen MR) is 75.6 cm³/mol. The molecule has 1 N–H and O–H groups in total. The number of ether oxygens (including phenoxy) is 1. The third-order valence-electron chi connectivity index (χ3n) is 2.62. The van der Waals surface area contributed by atoms with E-state index in [0.29, 0.717) is 19.7 Å². The molecule has 0 aliphatic carbocycles. The number of hydrogen-bond donors (Lipinski definition) is 1. The molecule has 0 radical (unpaired) electrons. The molecule has 4 heteroatoms. The van der Waals surface area contributed by atoms with E-state index < -0.39 is 5.97 Å². The van der Waals surface area contributed by atoms with Crippen molar-refractivity contribution in [1.82, 2.24) is 4.90 Å². The lowest BCUT2D eigenvalue weighted by Crippen LogP contribution is -2.31. The number of nitrogens with zero attached hydrogens (tertiary/aromatic N) is 1. The van der Waals surface area contributed by atoms with Gasteiger partial charge in [0.1, 0.15) is 5.75 Å². The molecule has 0 aliphatic rings. The lowest BCUT2D eigenvalue weighted by molar-refractivity contribution is -0.138. The lowest BCUT2D eigenvalue weighted by Gasteiger charge is -2.18. The van der Waals surface area contributed by atoms with Crippen molar-refractivity contribution in [3.05, 3.63) is 42.5 Å². The molecule has 0 heterocycles. The van der Waals surface area contributed by atoms with Crippen molar-refractivity contribution in [1.29, 1.82) is 0 Å². The van der Waals surface area contributed by atoms with Gasteiger partial charge in [-0.25, -0.2) is 0 Å². The highest BCUT2D eigenvalue weighted by Gasteiger charge is 2.07. The van der Waals surface area contributed by atoms with E-state index >= 15 is 0 Å². The molecule has 0 fully saturated rings.